The van der Waals surface area contributed by atoms with Gasteiger partial charge in [0.1, 0.15) is 0 Å². The summed E-state index contributed by atoms with van der Waals surface area (Å²) in [5, 5.41) is 0. The highest BCUT2D eigenvalue weighted by molar-refractivity contribution is 6.23. The van der Waals surface area contributed by atoms with Gasteiger partial charge in [-0.3, -0.25) is 24.1 Å². The summed E-state index contributed by atoms with van der Waals surface area (Å²) in [4.78, 5) is 55.9. The molecule has 0 N–H and O–H groups in total. The van der Waals surface area contributed by atoms with Crippen LogP contribution in [0.3, 0.4) is 0 Å². The average molecular weight is 503 g/mol. The van der Waals surface area contributed by atoms with E-state index in [1.807, 2.05) is 25.1 Å². The number of rotatable bonds is 7. The van der Waals surface area contributed by atoms with Gasteiger partial charge in [-0.05, 0) is 54.7 Å². The lowest BCUT2D eigenvalue weighted by Crippen LogP contribution is -2.35. The van der Waals surface area contributed by atoms with Crippen LogP contribution < -0.4 is 9.80 Å². The summed E-state index contributed by atoms with van der Waals surface area (Å²) in [6.45, 7) is 2.59. The Morgan fingerprint density at radius 1 is 0.784 bits per heavy atom. The van der Waals surface area contributed by atoms with Crippen molar-refractivity contribution in [2.24, 2.45) is 23.7 Å². The van der Waals surface area contributed by atoms with E-state index >= 15 is 0 Å². The van der Waals surface area contributed by atoms with E-state index in [4.69, 9.17) is 9.47 Å². The number of methoxy groups -OCH3 is 2. The molecule has 2 aromatic rings. The van der Waals surface area contributed by atoms with E-state index in [1.165, 1.54) is 9.80 Å². The third-order valence-corrected chi connectivity index (χ3v) is 7.58. The number of carbonyl (C=O) groups is 4. The second-order valence-corrected chi connectivity index (χ2v) is 9.99. The molecule has 1 aliphatic carbocycles. The van der Waals surface area contributed by atoms with Crippen molar-refractivity contribution in [3.05, 3.63) is 71.3 Å². The predicted molar refractivity (Wildman–Crippen MR) is 136 cm³/mol. The molecule has 0 saturated carbocycles. The molecular weight excluding hydrogens is 472 g/mol. The second-order valence-electron chi connectivity index (χ2n) is 9.99. The van der Waals surface area contributed by atoms with Crippen LogP contribution >= 0.6 is 0 Å². The van der Waals surface area contributed by atoms with Crippen molar-refractivity contribution >= 4 is 35.0 Å². The average Bonchev–Trinajstić information content (AvgIpc) is 3.31. The Morgan fingerprint density at radius 3 is 1.95 bits per heavy atom. The van der Waals surface area contributed by atoms with Crippen LogP contribution in [0.1, 0.15) is 30.9 Å². The molecule has 37 heavy (non-hydrogen) atoms. The Morgan fingerprint density at radius 2 is 1.35 bits per heavy atom. The highest BCUT2D eigenvalue weighted by atomic mass is 16.5. The molecule has 0 spiro atoms. The van der Waals surface area contributed by atoms with Crippen LogP contribution in [0.25, 0.3) is 0 Å². The first-order valence-electron chi connectivity index (χ1n) is 12.4. The number of hydrogen-bond acceptors (Lipinski definition) is 6. The molecular formula is C29H30N2O6. The monoisotopic (exact) mass is 502 g/mol. The lowest BCUT2D eigenvalue weighted by Gasteiger charge is -2.29. The molecule has 5 rings (SSSR count). The van der Waals surface area contributed by atoms with Gasteiger partial charge in [0.25, 0.3) is 0 Å². The van der Waals surface area contributed by atoms with E-state index in [9.17, 15) is 19.2 Å². The molecule has 0 aromatic heterocycles. The fraction of sp³-hybridized carbons (Fsp3) is 0.379. The topological polar surface area (TPSA) is 93.2 Å². The Kier molecular flexibility index (Phi) is 6.79. The first kappa shape index (κ1) is 25.0. The minimum atomic E-state index is -0.573. The Hall–Kier alpha value is -3.62. The van der Waals surface area contributed by atoms with Gasteiger partial charge in [-0.1, -0.05) is 35.9 Å². The molecule has 0 unspecified atom stereocenters. The second kappa shape index (κ2) is 10.0. The van der Waals surface area contributed by atoms with Crippen LogP contribution in [-0.2, 0) is 41.9 Å². The number of ether oxygens (including phenoxy) is 2. The number of amides is 4. The van der Waals surface area contributed by atoms with Gasteiger partial charge in [-0.2, -0.15) is 0 Å². The molecule has 2 saturated heterocycles. The number of anilines is 2. The summed E-state index contributed by atoms with van der Waals surface area (Å²) >= 11 is 0. The Labute approximate surface area is 215 Å². The quantitative estimate of drug-likeness (QED) is 0.424. The van der Waals surface area contributed by atoms with Gasteiger partial charge in [0, 0.05) is 20.6 Å². The molecule has 0 radical (unpaired) electrons. The maximum Gasteiger partial charge on any atom is 0.241 e. The molecule has 2 heterocycles. The van der Waals surface area contributed by atoms with Crippen LogP contribution in [0.5, 0.6) is 0 Å². The fourth-order valence-electron chi connectivity index (χ4n) is 5.98. The summed E-state index contributed by atoms with van der Waals surface area (Å²) in [5.41, 5.74) is 3.56. The van der Waals surface area contributed by atoms with E-state index in [0.29, 0.717) is 31.0 Å². The van der Waals surface area contributed by atoms with Crippen LogP contribution in [0.2, 0.25) is 0 Å². The molecule has 0 bridgehead atoms. The van der Waals surface area contributed by atoms with Gasteiger partial charge in [-0.15, -0.1) is 0 Å². The number of benzene rings is 2. The van der Waals surface area contributed by atoms with Gasteiger partial charge in [0.05, 0.1) is 42.3 Å². The van der Waals surface area contributed by atoms with Crippen molar-refractivity contribution in [2.75, 3.05) is 24.0 Å². The van der Waals surface area contributed by atoms with Crippen molar-refractivity contribution in [3.63, 3.8) is 0 Å². The Bertz CT molecular complexity index is 1300. The molecule has 192 valence electrons. The van der Waals surface area contributed by atoms with E-state index in [1.54, 1.807) is 50.6 Å². The van der Waals surface area contributed by atoms with Gasteiger partial charge in [0.2, 0.25) is 23.6 Å². The summed E-state index contributed by atoms with van der Waals surface area (Å²) in [7, 11) is 3.18. The molecule has 2 aliphatic heterocycles. The molecule has 2 fully saturated rings. The number of nitrogens with zero attached hydrogens (tertiary/aromatic N) is 2. The normalized spacial score (nSPS) is 25.6. The van der Waals surface area contributed by atoms with E-state index in [2.05, 4.69) is 0 Å². The van der Waals surface area contributed by atoms with Gasteiger partial charge in [-0.25, -0.2) is 4.90 Å². The number of hydrogen-bond donors (Lipinski definition) is 0. The standard InChI is InChI=1S/C29H30N2O6/c1-17-10-20(23-14-25(32)30(27(23)33)21-8-4-6-18(11-21)15-36-2)13-24-26(17)29(35)31(28(24)34)22-9-5-7-19(12-22)16-37-3/h4-12,20,23-24,26H,13-16H2,1-3H3/t20-,23-,24+,26+/m0/s1. The third kappa shape index (κ3) is 4.40. The fourth-order valence-corrected chi connectivity index (χ4v) is 5.98. The maximum absolute atomic E-state index is 13.5. The summed E-state index contributed by atoms with van der Waals surface area (Å²) in [6, 6.07) is 14.4. The van der Waals surface area contributed by atoms with Crippen molar-refractivity contribution in [1.29, 1.82) is 0 Å². The minimum absolute atomic E-state index is 0.0735. The molecule has 4 amide bonds. The van der Waals surface area contributed by atoms with Gasteiger partial charge >= 0.3 is 0 Å². The molecule has 8 heteroatoms. The summed E-state index contributed by atoms with van der Waals surface area (Å²) in [5.74, 6) is -3.03. The van der Waals surface area contributed by atoms with Crippen molar-refractivity contribution in [3.8, 4) is 0 Å². The van der Waals surface area contributed by atoms with Crippen LogP contribution in [0.4, 0.5) is 11.4 Å². The van der Waals surface area contributed by atoms with E-state index in [0.717, 1.165) is 16.7 Å². The SMILES string of the molecule is COCc1cccc(N2C(=O)C[C@@H]([C@H]3C=C(C)[C@H]4C(=O)N(c5cccc(COC)c5)C(=O)[C@@H]4C3)C2=O)c1. The predicted octanol–water partition coefficient (Wildman–Crippen LogP) is 3.63. The zero-order valence-electron chi connectivity index (χ0n) is 21.2. The number of imide groups is 2. The van der Waals surface area contributed by atoms with Gasteiger partial charge in [0.15, 0.2) is 0 Å². The third-order valence-electron chi connectivity index (χ3n) is 7.58. The lowest BCUT2D eigenvalue weighted by atomic mass is 9.71. The van der Waals surface area contributed by atoms with Crippen LogP contribution in [0, 0.1) is 23.7 Å². The van der Waals surface area contributed by atoms with Gasteiger partial charge < -0.3 is 9.47 Å². The minimum Gasteiger partial charge on any atom is -0.380 e. The number of carbonyl (C=O) groups excluding carboxylic acids is 4. The highest BCUT2D eigenvalue weighted by Gasteiger charge is 2.54. The largest absolute Gasteiger partial charge is 0.380 e. The van der Waals surface area contributed by atoms with Crippen LogP contribution in [0.15, 0.2) is 60.2 Å². The summed E-state index contributed by atoms with van der Waals surface area (Å²) in [6.07, 6.45) is 2.35. The number of fused-ring (bicyclic) bond motifs is 1. The molecule has 3 aliphatic rings. The maximum atomic E-state index is 13.5. The highest BCUT2D eigenvalue weighted by Crippen LogP contribution is 2.46. The lowest BCUT2D eigenvalue weighted by molar-refractivity contribution is -0.125. The molecule has 4 atom stereocenters. The van der Waals surface area contributed by atoms with E-state index in [-0.39, 0.29) is 36.0 Å². The first-order chi connectivity index (χ1) is 17.8. The molecule has 2 aromatic carbocycles. The van der Waals surface area contributed by atoms with Crippen LogP contribution in [-0.4, -0.2) is 37.8 Å². The van der Waals surface area contributed by atoms with Crippen molar-refractivity contribution < 1.29 is 28.7 Å². The zero-order chi connectivity index (χ0) is 26.3. The smallest absolute Gasteiger partial charge is 0.241 e. The molecule has 8 nitrogen and oxygen atoms in total. The zero-order valence-corrected chi connectivity index (χ0v) is 21.2. The van der Waals surface area contributed by atoms with E-state index < -0.39 is 17.8 Å². The Balaban J connectivity index is 1.39. The summed E-state index contributed by atoms with van der Waals surface area (Å²) < 4.78 is 10.4. The number of allylic oxidation sites excluding steroid dienone is 1. The van der Waals surface area contributed by atoms with Crippen molar-refractivity contribution in [1.82, 2.24) is 0 Å². The van der Waals surface area contributed by atoms with Crippen molar-refractivity contribution in [2.45, 2.75) is 33.0 Å². The first-order valence-corrected chi connectivity index (χ1v) is 12.4.